The van der Waals surface area contributed by atoms with Crippen LogP contribution in [0.3, 0.4) is 0 Å². The molecule has 3 rings (SSSR count). The zero-order valence-electron chi connectivity index (χ0n) is 12.2. The number of hydrogen-bond acceptors (Lipinski definition) is 3. The van der Waals surface area contributed by atoms with Gasteiger partial charge in [0, 0.05) is 29.9 Å². The Labute approximate surface area is 120 Å². The van der Waals surface area contributed by atoms with Gasteiger partial charge in [0.25, 0.3) is 0 Å². The van der Waals surface area contributed by atoms with E-state index in [2.05, 4.69) is 48.4 Å². The van der Waals surface area contributed by atoms with Crippen molar-refractivity contribution in [1.82, 2.24) is 4.98 Å². The number of rotatable bonds is 3. The molecule has 1 aromatic carbocycles. The average Bonchev–Trinajstić information content (AvgIpc) is 2.47. The molecule has 0 aliphatic carbocycles. The van der Waals surface area contributed by atoms with Gasteiger partial charge in [0.2, 0.25) is 0 Å². The summed E-state index contributed by atoms with van der Waals surface area (Å²) in [7, 11) is 0. The van der Waals surface area contributed by atoms with Crippen LogP contribution in [0, 0.1) is 0 Å². The second-order valence-corrected chi connectivity index (χ2v) is 5.90. The molecule has 0 bridgehead atoms. The van der Waals surface area contributed by atoms with Crippen molar-refractivity contribution >= 4 is 16.6 Å². The second-order valence-electron chi connectivity index (χ2n) is 5.90. The van der Waals surface area contributed by atoms with Crippen LogP contribution in [0.15, 0.2) is 36.5 Å². The molecule has 1 fully saturated rings. The van der Waals surface area contributed by atoms with E-state index in [-0.39, 0.29) is 5.60 Å². The molecule has 2 unspecified atom stereocenters. The zero-order valence-corrected chi connectivity index (χ0v) is 12.2. The number of hydrogen-bond donors (Lipinski definition) is 1. The molecule has 1 aliphatic rings. The maximum atomic E-state index is 5.90. The number of anilines is 1. The Balaban J connectivity index is 1.75. The molecule has 0 saturated carbocycles. The Morgan fingerprint density at radius 2 is 2.30 bits per heavy atom. The number of ether oxygens (including phenoxy) is 1. The van der Waals surface area contributed by atoms with Crippen LogP contribution in [-0.4, -0.2) is 23.2 Å². The molecule has 0 radical (unpaired) electrons. The zero-order chi connectivity index (χ0) is 14.0. The van der Waals surface area contributed by atoms with Crippen molar-refractivity contribution in [3.8, 4) is 0 Å². The second kappa shape index (κ2) is 5.41. The molecule has 106 valence electrons. The van der Waals surface area contributed by atoms with Crippen LogP contribution >= 0.6 is 0 Å². The van der Waals surface area contributed by atoms with E-state index < -0.39 is 0 Å². The molecule has 2 heterocycles. The maximum Gasteiger partial charge on any atom is 0.0703 e. The van der Waals surface area contributed by atoms with Gasteiger partial charge >= 0.3 is 0 Å². The summed E-state index contributed by atoms with van der Waals surface area (Å²) in [6, 6.07) is 11.0. The van der Waals surface area contributed by atoms with Gasteiger partial charge in [-0.25, -0.2) is 0 Å². The Morgan fingerprint density at radius 3 is 3.15 bits per heavy atom. The van der Waals surface area contributed by atoms with Crippen molar-refractivity contribution in [2.24, 2.45) is 0 Å². The number of benzene rings is 1. The quantitative estimate of drug-likeness (QED) is 0.915. The predicted molar refractivity (Wildman–Crippen MR) is 83.0 cm³/mol. The fourth-order valence-corrected chi connectivity index (χ4v) is 2.90. The van der Waals surface area contributed by atoms with Crippen molar-refractivity contribution in [2.75, 3.05) is 11.9 Å². The van der Waals surface area contributed by atoms with Gasteiger partial charge in [0.05, 0.1) is 11.1 Å². The van der Waals surface area contributed by atoms with Crippen LogP contribution < -0.4 is 5.32 Å². The highest BCUT2D eigenvalue weighted by Crippen LogP contribution is 2.30. The Hall–Kier alpha value is -1.61. The highest BCUT2D eigenvalue weighted by atomic mass is 16.5. The standard InChI is InChI=1S/C17H22N2O/c1-3-17(2)12-15(8-10-20-17)19-14-6-7-16-13(11-14)5-4-9-18-16/h4-7,9,11,15,19H,3,8,10,12H2,1-2H3. The SMILES string of the molecule is CCC1(C)CC(Nc2ccc3ncccc3c2)CCO1. The first-order valence-corrected chi connectivity index (χ1v) is 7.44. The Kier molecular flexibility index (Phi) is 3.62. The molecule has 2 atom stereocenters. The predicted octanol–water partition coefficient (Wildman–Crippen LogP) is 3.99. The summed E-state index contributed by atoms with van der Waals surface area (Å²) in [6.07, 6.45) is 5.03. The Morgan fingerprint density at radius 1 is 1.40 bits per heavy atom. The van der Waals surface area contributed by atoms with Crippen LogP contribution in [0.5, 0.6) is 0 Å². The largest absolute Gasteiger partial charge is 0.382 e. The lowest BCUT2D eigenvalue weighted by molar-refractivity contribution is -0.0708. The lowest BCUT2D eigenvalue weighted by atomic mass is 9.90. The maximum absolute atomic E-state index is 5.90. The van der Waals surface area contributed by atoms with Gasteiger partial charge in [-0.3, -0.25) is 4.98 Å². The van der Waals surface area contributed by atoms with E-state index in [9.17, 15) is 0 Å². The highest BCUT2D eigenvalue weighted by Gasteiger charge is 2.31. The number of pyridine rings is 1. The van der Waals surface area contributed by atoms with E-state index in [0.717, 1.165) is 31.4 Å². The normalized spacial score (nSPS) is 26.6. The smallest absolute Gasteiger partial charge is 0.0703 e. The lowest BCUT2D eigenvalue weighted by Gasteiger charge is -2.38. The summed E-state index contributed by atoms with van der Waals surface area (Å²) in [5, 5.41) is 4.84. The van der Waals surface area contributed by atoms with Gasteiger partial charge in [-0.1, -0.05) is 13.0 Å². The van der Waals surface area contributed by atoms with Gasteiger partial charge in [-0.15, -0.1) is 0 Å². The first-order chi connectivity index (χ1) is 9.68. The van der Waals surface area contributed by atoms with Crippen molar-refractivity contribution < 1.29 is 4.74 Å². The summed E-state index contributed by atoms with van der Waals surface area (Å²) in [6.45, 7) is 5.26. The monoisotopic (exact) mass is 270 g/mol. The van der Waals surface area contributed by atoms with Crippen molar-refractivity contribution in [2.45, 2.75) is 44.8 Å². The molecule has 3 heteroatoms. The molecular weight excluding hydrogens is 248 g/mol. The third-order valence-corrected chi connectivity index (χ3v) is 4.32. The van der Waals surface area contributed by atoms with Gasteiger partial charge in [0.1, 0.15) is 0 Å². The molecular formula is C17H22N2O. The summed E-state index contributed by atoms with van der Waals surface area (Å²) in [5.74, 6) is 0. The third kappa shape index (κ3) is 2.78. The number of aromatic nitrogens is 1. The summed E-state index contributed by atoms with van der Waals surface area (Å²) in [5.41, 5.74) is 2.24. The van der Waals surface area contributed by atoms with Crippen LogP contribution in [0.1, 0.15) is 33.1 Å². The number of nitrogens with zero attached hydrogens (tertiary/aromatic N) is 1. The summed E-state index contributed by atoms with van der Waals surface area (Å²) >= 11 is 0. The van der Waals surface area contributed by atoms with Crippen molar-refractivity contribution in [1.29, 1.82) is 0 Å². The molecule has 20 heavy (non-hydrogen) atoms. The van der Waals surface area contributed by atoms with Crippen LogP contribution in [0.4, 0.5) is 5.69 Å². The minimum absolute atomic E-state index is 0.0221. The molecule has 2 aromatic rings. The molecule has 3 nitrogen and oxygen atoms in total. The van der Waals surface area contributed by atoms with E-state index in [1.807, 2.05) is 12.3 Å². The molecule has 1 aromatic heterocycles. The van der Waals surface area contributed by atoms with E-state index in [1.165, 1.54) is 11.1 Å². The van der Waals surface area contributed by atoms with Gasteiger partial charge < -0.3 is 10.1 Å². The summed E-state index contributed by atoms with van der Waals surface area (Å²) in [4.78, 5) is 4.36. The van der Waals surface area contributed by atoms with E-state index >= 15 is 0 Å². The highest BCUT2D eigenvalue weighted by molar-refractivity contribution is 5.82. The van der Waals surface area contributed by atoms with Crippen LogP contribution in [0.2, 0.25) is 0 Å². The number of nitrogens with one attached hydrogen (secondary N) is 1. The third-order valence-electron chi connectivity index (χ3n) is 4.32. The Bertz CT molecular complexity index is 598. The average molecular weight is 270 g/mol. The first-order valence-electron chi connectivity index (χ1n) is 7.44. The lowest BCUT2D eigenvalue weighted by Crippen LogP contribution is -2.41. The molecule has 1 saturated heterocycles. The minimum atomic E-state index is 0.0221. The van der Waals surface area contributed by atoms with Crippen LogP contribution in [-0.2, 0) is 4.74 Å². The molecule has 0 spiro atoms. The molecule has 1 aliphatic heterocycles. The van der Waals surface area contributed by atoms with Gasteiger partial charge in [0.15, 0.2) is 0 Å². The van der Waals surface area contributed by atoms with Crippen LogP contribution in [0.25, 0.3) is 10.9 Å². The van der Waals surface area contributed by atoms with Gasteiger partial charge in [-0.05, 0) is 50.5 Å². The molecule has 0 amide bonds. The first kappa shape index (κ1) is 13.4. The molecule has 1 N–H and O–H groups in total. The van der Waals surface area contributed by atoms with E-state index in [0.29, 0.717) is 6.04 Å². The minimum Gasteiger partial charge on any atom is -0.382 e. The van der Waals surface area contributed by atoms with E-state index in [1.54, 1.807) is 0 Å². The topological polar surface area (TPSA) is 34.2 Å². The van der Waals surface area contributed by atoms with Gasteiger partial charge in [-0.2, -0.15) is 0 Å². The summed E-state index contributed by atoms with van der Waals surface area (Å²) < 4.78 is 5.90. The fourth-order valence-electron chi connectivity index (χ4n) is 2.90. The number of fused-ring (bicyclic) bond motifs is 1. The van der Waals surface area contributed by atoms with E-state index in [4.69, 9.17) is 4.74 Å². The van der Waals surface area contributed by atoms with Crippen molar-refractivity contribution in [3.63, 3.8) is 0 Å². The fraction of sp³-hybridized carbons (Fsp3) is 0.471. The van der Waals surface area contributed by atoms with Crippen molar-refractivity contribution in [3.05, 3.63) is 36.5 Å².